The van der Waals surface area contributed by atoms with E-state index in [2.05, 4.69) is 60.5 Å². The molecule has 1 saturated heterocycles. The van der Waals surface area contributed by atoms with Crippen LogP contribution in [0.5, 0.6) is 0 Å². The molecule has 194 valence electrons. The highest BCUT2D eigenvalue weighted by atomic mass is 32.1. The molecule has 3 atom stereocenters. The van der Waals surface area contributed by atoms with Crippen LogP contribution < -0.4 is 10.2 Å². The second-order valence-electron chi connectivity index (χ2n) is 9.16. The van der Waals surface area contributed by atoms with Crippen molar-refractivity contribution in [3.8, 4) is 16.5 Å². The number of hydrogen-bond acceptors (Lipinski definition) is 7. The van der Waals surface area contributed by atoms with Crippen molar-refractivity contribution in [1.29, 1.82) is 5.26 Å². The highest BCUT2D eigenvalue weighted by Crippen LogP contribution is 2.35. The minimum absolute atomic E-state index is 0.0122. The lowest BCUT2D eigenvalue weighted by Crippen LogP contribution is -2.50. The molecule has 0 aliphatic carbocycles. The predicted octanol–water partition coefficient (Wildman–Crippen LogP) is 4.34. The van der Waals surface area contributed by atoms with Crippen molar-refractivity contribution in [3.63, 3.8) is 0 Å². The van der Waals surface area contributed by atoms with Gasteiger partial charge in [-0.15, -0.1) is 11.3 Å². The summed E-state index contributed by atoms with van der Waals surface area (Å²) >= 11 is 1.53. The Bertz CT molecular complexity index is 1340. The maximum Gasteiger partial charge on any atom is 0.262 e. The predicted molar refractivity (Wildman–Crippen MR) is 148 cm³/mol. The molecule has 0 saturated carbocycles. The average Bonchev–Trinajstić information content (AvgIpc) is 3.41. The van der Waals surface area contributed by atoms with Gasteiger partial charge in [-0.1, -0.05) is 18.2 Å². The third-order valence-electron chi connectivity index (χ3n) is 6.91. The van der Waals surface area contributed by atoms with Crippen molar-refractivity contribution in [3.05, 3.63) is 59.0 Å². The van der Waals surface area contributed by atoms with E-state index in [1.165, 1.54) is 22.4 Å². The average molecular weight is 520 g/mol. The number of aliphatic hydroxyl groups is 2. The summed E-state index contributed by atoms with van der Waals surface area (Å²) < 4.78 is 5.46. The molecule has 1 fully saturated rings. The van der Waals surface area contributed by atoms with Crippen LogP contribution in [0.15, 0.2) is 54.1 Å². The minimum atomic E-state index is -1.07. The van der Waals surface area contributed by atoms with Crippen LogP contribution >= 0.6 is 11.3 Å². The smallest absolute Gasteiger partial charge is 0.262 e. The molecule has 1 aliphatic heterocycles. The lowest BCUT2D eigenvalue weighted by molar-refractivity contribution is -0.136. The molecule has 8 heteroatoms. The number of carbonyl (C=O) groups excluding carboxylic acids is 1. The molecule has 1 aliphatic rings. The summed E-state index contributed by atoms with van der Waals surface area (Å²) in [4.78, 5) is 17.0. The van der Waals surface area contributed by atoms with Gasteiger partial charge in [0.05, 0.1) is 6.10 Å². The van der Waals surface area contributed by atoms with Gasteiger partial charge in [-0.05, 0) is 79.4 Å². The van der Waals surface area contributed by atoms with Crippen LogP contribution in [0.4, 0.5) is 5.69 Å². The Balaban J connectivity index is 1.51. The number of ether oxygens (including phenoxy) is 1. The zero-order valence-electron chi connectivity index (χ0n) is 21.4. The van der Waals surface area contributed by atoms with Crippen molar-refractivity contribution >= 4 is 39.3 Å². The van der Waals surface area contributed by atoms with Crippen molar-refractivity contribution in [2.45, 2.75) is 45.5 Å². The molecule has 2 heterocycles. The largest absolute Gasteiger partial charge is 0.390 e. The van der Waals surface area contributed by atoms with Gasteiger partial charge in [0.15, 0.2) is 0 Å². The number of nitriles is 1. The van der Waals surface area contributed by atoms with Crippen LogP contribution in [0, 0.1) is 11.3 Å². The number of amides is 1. The molecule has 0 spiro atoms. The first-order valence-electron chi connectivity index (χ1n) is 12.6. The number of nitrogens with zero attached hydrogens (tertiary/aromatic N) is 2. The summed E-state index contributed by atoms with van der Waals surface area (Å²) in [7, 11) is 0. The molecule has 0 radical (unpaired) electrons. The third kappa shape index (κ3) is 5.86. The second kappa shape index (κ2) is 11.9. The summed E-state index contributed by atoms with van der Waals surface area (Å²) in [6.07, 6.45) is -2.32. The monoisotopic (exact) mass is 519 g/mol. The molecule has 3 aromatic rings. The van der Waals surface area contributed by atoms with E-state index in [-0.39, 0.29) is 12.1 Å². The minimum Gasteiger partial charge on any atom is -0.390 e. The van der Waals surface area contributed by atoms with Crippen LogP contribution in [0.25, 0.3) is 26.8 Å². The molecule has 37 heavy (non-hydrogen) atoms. The number of aliphatic hydroxyl groups excluding tert-OH is 2. The molecule has 0 bridgehead atoms. The summed E-state index contributed by atoms with van der Waals surface area (Å²) in [5.74, 6) is -0.527. The topological polar surface area (TPSA) is 106 Å². The first-order chi connectivity index (χ1) is 17.9. The molecule has 1 aromatic heterocycles. The Morgan fingerprint density at radius 2 is 1.86 bits per heavy atom. The van der Waals surface area contributed by atoms with Gasteiger partial charge in [0, 0.05) is 41.7 Å². The van der Waals surface area contributed by atoms with Gasteiger partial charge in [0.25, 0.3) is 5.91 Å². The first kappa shape index (κ1) is 26.8. The van der Waals surface area contributed by atoms with E-state index in [0.717, 1.165) is 33.8 Å². The Morgan fingerprint density at radius 3 is 2.59 bits per heavy atom. The second-order valence-corrected chi connectivity index (χ2v) is 10.2. The Hall–Kier alpha value is -3.22. The maximum atomic E-state index is 12.8. The number of nitrogens with one attached hydrogen (secondary N) is 1. The molecular weight excluding hydrogens is 486 g/mol. The van der Waals surface area contributed by atoms with Crippen molar-refractivity contribution in [2.75, 3.05) is 31.1 Å². The summed E-state index contributed by atoms with van der Waals surface area (Å²) in [6, 6.07) is 18.9. The van der Waals surface area contributed by atoms with Crippen molar-refractivity contribution in [2.24, 2.45) is 0 Å². The summed E-state index contributed by atoms with van der Waals surface area (Å²) in [5.41, 5.74) is 2.90. The number of anilines is 1. The van der Waals surface area contributed by atoms with Gasteiger partial charge in [-0.3, -0.25) is 4.79 Å². The highest BCUT2D eigenvalue weighted by Gasteiger charge is 2.32. The lowest BCUT2D eigenvalue weighted by atomic mass is 10.0. The number of benzene rings is 2. The molecule has 1 amide bonds. The van der Waals surface area contributed by atoms with E-state index >= 15 is 0 Å². The van der Waals surface area contributed by atoms with Crippen molar-refractivity contribution in [1.82, 2.24) is 5.32 Å². The fourth-order valence-corrected chi connectivity index (χ4v) is 5.62. The van der Waals surface area contributed by atoms with E-state index in [1.807, 2.05) is 18.2 Å². The van der Waals surface area contributed by atoms with Gasteiger partial charge in [-0.2, -0.15) is 5.26 Å². The van der Waals surface area contributed by atoms with Crippen LogP contribution in [-0.2, 0) is 9.53 Å². The van der Waals surface area contributed by atoms with Crippen molar-refractivity contribution < 1.29 is 19.7 Å². The van der Waals surface area contributed by atoms with E-state index in [9.17, 15) is 20.3 Å². The van der Waals surface area contributed by atoms with Gasteiger partial charge in [0.2, 0.25) is 0 Å². The van der Waals surface area contributed by atoms with Gasteiger partial charge >= 0.3 is 0 Å². The van der Waals surface area contributed by atoms with Crippen LogP contribution in [0.2, 0.25) is 0 Å². The fourth-order valence-electron chi connectivity index (χ4n) is 4.61. The zero-order valence-corrected chi connectivity index (χ0v) is 22.2. The van der Waals surface area contributed by atoms with Gasteiger partial charge in [0.1, 0.15) is 23.9 Å². The van der Waals surface area contributed by atoms with Gasteiger partial charge in [-0.25, -0.2) is 0 Å². The number of hydrogen-bond donors (Lipinski definition) is 3. The molecular formula is C29H33N3O4S. The summed E-state index contributed by atoms with van der Waals surface area (Å²) in [5, 5.41) is 34.6. The lowest BCUT2D eigenvalue weighted by Gasteiger charge is -2.32. The molecule has 7 nitrogen and oxygen atoms in total. The van der Waals surface area contributed by atoms with E-state index in [0.29, 0.717) is 18.6 Å². The van der Waals surface area contributed by atoms with E-state index in [1.54, 1.807) is 6.92 Å². The number of carbonyl (C=O) groups is 1. The summed E-state index contributed by atoms with van der Waals surface area (Å²) in [6.45, 7) is 8.33. The number of rotatable bonds is 8. The number of allylic oxidation sites excluding steroid dienone is 1. The van der Waals surface area contributed by atoms with Crippen LogP contribution in [0.3, 0.4) is 0 Å². The Morgan fingerprint density at radius 1 is 1.14 bits per heavy atom. The SMILES string of the molecule is CCN(CC)c1ccc2cc(-c3ccc(/C(C)=C(\C#N)C(=O)NC[C@H]4OCC[C@@H](O)[C@@H]4O)s3)ccc2c1. The number of thiophene rings is 1. The first-order valence-corrected chi connectivity index (χ1v) is 13.4. The highest BCUT2D eigenvalue weighted by molar-refractivity contribution is 7.16. The fraction of sp³-hybridized carbons (Fsp3) is 0.379. The Kier molecular flexibility index (Phi) is 8.62. The van der Waals surface area contributed by atoms with Crippen LogP contribution in [0.1, 0.15) is 32.1 Å². The standard InChI is InChI=1S/C29H33N3O4S/c1-4-32(5-2)22-9-8-19-14-21(7-6-20(19)15-22)27-11-10-26(37-27)18(3)23(16-30)29(35)31-17-25-28(34)24(33)12-13-36-25/h6-11,14-15,24-25,28,33-34H,4-5,12-13,17H2,1-3H3,(H,31,35)/b23-18+/t24-,25-,28+/m1/s1. The third-order valence-corrected chi connectivity index (χ3v) is 8.16. The molecule has 4 rings (SSSR count). The quantitative estimate of drug-likeness (QED) is 0.302. The zero-order chi connectivity index (χ0) is 26.5. The molecule has 2 aromatic carbocycles. The molecule has 3 N–H and O–H groups in total. The van der Waals surface area contributed by atoms with Gasteiger partial charge < -0.3 is 25.2 Å². The molecule has 0 unspecified atom stereocenters. The van der Waals surface area contributed by atoms with Crippen LogP contribution in [-0.4, -0.2) is 60.7 Å². The maximum absolute atomic E-state index is 12.8. The number of fused-ring (bicyclic) bond motifs is 1. The van der Waals surface area contributed by atoms with E-state index < -0.39 is 24.2 Å². The Labute approximate surface area is 221 Å². The normalized spacial score (nSPS) is 20.3. The van der Waals surface area contributed by atoms with E-state index in [4.69, 9.17) is 4.74 Å².